The van der Waals surface area contributed by atoms with Crippen LogP contribution in [0.1, 0.15) is 174 Å². The van der Waals surface area contributed by atoms with E-state index >= 15 is 0 Å². The molecule has 0 saturated heterocycles. The molecule has 2 aliphatic heterocycles. The van der Waals surface area contributed by atoms with Gasteiger partial charge in [-0.05, 0) is 127 Å². The van der Waals surface area contributed by atoms with E-state index in [4.69, 9.17) is 24.7 Å². The topological polar surface area (TPSA) is 141 Å². The van der Waals surface area contributed by atoms with E-state index < -0.39 is 6.10 Å². The first kappa shape index (κ1) is 46.6. The molecule has 5 heterocycles. The van der Waals surface area contributed by atoms with Crippen LogP contribution in [0.5, 0.6) is 0 Å². The van der Waals surface area contributed by atoms with Crippen LogP contribution in [0, 0.1) is 13.8 Å². The minimum absolute atomic E-state index is 0. The number of hydrogen-bond acceptors (Lipinski definition) is 7. The number of ether oxygens (including phenoxy) is 1. The van der Waals surface area contributed by atoms with Gasteiger partial charge in [-0.15, -0.1) is 27.8 Å². The Labute approximate surface area is 371 Å². The van der Waals surface area contributed by atoms with Crippen molar-refractivity contribution in [2.75, 3.05) is 6.61 Å². The number of fused-ring (bicyclic) bond motifs is 8. The van der Waals surface area contributed by atoms with Gasteiger partial charge in [-0.2, -0.15) is 0 Å². The maximum atomic E-state index is 13.9. The molecule has 3 aliphatic rings. The smallest absolute Gasteiger partial charge is 0.872 e. The number of nitrogens with zero attached hydrogens (tertiary/aromatic N) is 4. The van der Waals surface area contributed by atoms with Gasteiger partial charge in [0, 0.05) is 29.5 Å². The van der Waals surface area contributed by atoms with E-state index in [1.807, 2.05) is 39.8 Å². The van der Waals surface area contributed by atoms with Crippen molar-refractivity contribution < 1.29 is 24.5 Å². The molecule has 6 rings (SSSR count). The fourth-order valence-corrected chi connectivity index (χ4v) is 8.94. The molecule has 1 N–H and O–H groups in total. The Hall–Kier alpha value is -4.51. The van der Waals surface area contributed by atoms with E-state index in [1.54, 1.807) is 19.1 Å². The van der Waals surface area contributed by atoms with Crippen LogP contribution in [0.3, 0.4) is 0 Å². The molecule has 8 bridgehead atoms. The third-order valence-electron chi connectivity index (χ3n) is 12.2. The first-order valence-electron chi connectivity index (χ1n) is 21.2. The minimum atomic E-state index is -0.832. The van der Waals surface area contributed by atoms with Gasteiger partial charge < -0.3 is 24.9 Å². The Bertz CT molecular complexity index is 2490. The van der Waals surface area contributed by atoms with Crippen molar-refractivity contribution in [2.24, 2.45) is 0 Å². The summed E-state index contributed by atoms with van der Waals surface area (Å²) in [6.07, 6.45) is 14.0. The second-order valence-corrected chi connectivity index (χ2v) is 16.7. The predicted octanol–water partition coefficient (Wildman–Crippen LogP) is 9.75. The van der Waals surface area contributed by atoms with Gasteiger partial charge in [0.2, 0.25) is 0 Å². The number of carbonyl (C=O) groups is 2. The first-order chi connectivity index (χ1) is 28.2. The Morgan fingerprint density at radius 1 is 0.900 bits per heavy atom. The van der Waals surface area contributed by atoms with Crippen molar-refractivity contribution in [1.29, 1.82) is 0 Å². The molecule has 3 atom stereocenters. The molecule has 3 aromatic heterocycles. The minimum Gasteiger partial charge on any atom is -0.872 e. The molecule has 0 spiro atoms. The number of esters is 1. The molecule has 0 radical (unpaired) electrons. The number of aliphatic hydroxyl groups is 1. The Balaban J connectivity index is 0.00000683. The monoisotopic (exact) mass is 819 g/mol. The second kappa shape index (κ2) is 19.9. The normalized spacial score (nSPS) is 16.8. The van der Waals surface area contributed by atoms with E-state index in [9.17, 15) is 19.8 Å². The van der Waals surface area contributed by atoms with Crippen molar-refractivity contribution >= 4 is 80.4 Å². The molecular weight excluding hydrogens is 761 g/mol. The number of aldehydes is 1. The fourth-order valence-electron chi connectivity index (χ4n) is 8.94. The average Bonchev–Trinajstić information content (AvgIpc) is 3.97. The van der Waals surface area contributed by atoms with Crippen LogP contribution in [0.4, 0.5) is 0 Å². The number of aliphatic hydroxyl groups excluding tert-OH is 1. The molecule has 60 heavy (non-hydrogen) atoms. The Morgan fingerprint density at radius 2 is 1.57 bits per heavy atom. The molecule has 10 heteroatoms. The third-order valence-corrected chi connectivity index (χ3v) is 12.2. The van der Waals surface area contributed by atoms with Crippen molar-refractivity contribution in [3.05, 3.63) is 103 Å². The maximum Gasteiger partial charge on any atom is 2.00 e. The van der Waals surface area contributed by atoms with Crippen molar-refractivity contribution in [2.45, 2.75) is 139 Å². The Morgan fingerprint density at radius 3 is 2.22 bits per heavy atom. The summed E-state index contributed by atoms with van der Waals surface area (Å²) in [5.74, 6) is -0.736. The van der Waals surface area contributed by atoms with E-state index in [0.29, 0.717) is 75.0 Å². The van der Waals surface area contributed by atoms with E-state index in [1.165, 1.54) is 16.7 Å². The zero-order chi connectivity index (χ0) is 42.7. The van der Waals surface area contributed by atoms with Gasteiger partial charge in [-0.3, -0.25) is 14.6 Å². The maximum absolute atomic E-state index is 13.9. The van der Waals surface area contributed by atoms with Crippen molar-refractivity contribution in [3.8, 4) is 0 Å². The number of aromatic nitrogens is 4. The fraction of sp³-hybridized carbons (Fsp3) is 0.440. The van der Waals surface area contributed by atoms with Gasteiger partial charge in [-0.25, -0.2) is 4.98 Å². The van der Waals surface area contributed by atoms with E-state index in [0.717, 1.165) is 65.6 Å². The van der Waals surface area contributed by atoms with Crippen molar-refractivity contribution in [1.82, 2.24) is 19.9 Å². The van der Waals surface area contributed by atoms with Crippen LogP contribution in [-0.2, 0) is 20.7 Å². The first-order valence-corrected chi connectivity index (χ1v) is 21.2. The van der Waals surface area contributed by atoms with Crippen LogP contribution in [0.15, 0.2) is 47.1 Å². The molecule has 0 fully saturated rings. The van der Waals surface area contributed by atoms with Gasteiger partial charge in [0.05, 0.1) is 23.2 Å². The standard InChI is InChI=1S/C50H61N4O5.Mg/c1-11-34-38(26-55)41-25-42-45(33(10)56)31(8)48(53-42)32(9)47-30(7)36(19-20-44(58)59-22-21-29(6)18-14-17-28(5)16-13-15-27(3)4)49(54-47)37-23-43(57)46-35(12-2)40(52-50(37)46)24-39(34)51-41;/h15,17,21,23-26,30,33,36,56H,11-14,16,18-20,22H2,1-10H3,(H2-,51,52,53,54,55,57);/q-1;+2/p-2/b28-17+,29-21+;/t30-,33+,36-;/m0./s1. The summed E-state index contributed by atoms with van der Waals surface area (Å²) in [6, 6.07) is 3.67. The van der Waals surface area contributed by atoms with Crippen LogP contribution in [0.25, 0.3) is 45.0 Å². The second-order valence-electron chi connectivity index (χ2n) is 16.7. The number of rotatable bonds is 15. The molecule has 9 nitrogen and oxygen atoms in total. The molecule has 0 unspecified atom stereocenters. The van der Waals surface area contributed by atoms with Gasteiger partial charge in [0.15, 0.2) is 6.29 Å². The van der Waals surface area contributed by atoms with Crippen LogP contribution < -0.4 is 15.1 Å². The SMILES string of the molecule is CCC1=C(C=O)c2cc3[n-]c(c(C)c4nc(c5c6[n-]c(cc1n2)c(CC)c6C([O-])=C5)[C@@H](CCC(=O)OC/C=C(\C)CC/C=C(\C)CCC=C(C)C)[C@@H]4C)c(C)c3[C@@H](C)O.[Mg+2]. The van der Waals surface area contributed by atoms with E-state index in [2.05, 4.69) is 46.8 Å². The molecule has 0 saturated carbocycles. The van der Waals surface area contributed by atoms with Crippen LogP contribution in [-0.4, -0.2) is 57.0 Å². The largest absolute Gasteiger partial charge is 2.00 e. The molecule has 1 aliphatic carbocycles. The van der Waals surface area contributed by atoms with Gasteiger partial charge in [-0.1, -0.05) is 79.0 Å². The number of aryl methyl sites for hydroxylation is 3. The number of carbonyl (C=O) groups excluding carboxylic acids is 2. The summed E-state index contributed by atoms with van der Waals surface area (Å²) in [5, 5.41) is 24.9. The van der Waals surface area contributed by atoms with Gasteiger partial charge in [0.25, 0.3) is 0 Å². The number of allylic oxidation sites excluding steroid dienone is 7. The summed E-state index contributed by atoms with van der Waals surface area (Å²) < 4.78 is 5.73. The summed E-state index contributed by atoms with van der Waals surface area (Å²) in [4.78, 5) is 46.3. The van der Waals surface area contributed by atoms with E-state index in [-0.39, 0.29) is 59.6 Å². The number of hydrogen-bond donors (Lipinski definition) is 1. The molecule has 0 aromatic carbocycles. The molecule has 3 aromatic rings. The van der Waals surface area contributed by atoms with Crippen molar-refractivity contribution in [3.63, 3.8) is 0 Å². The van der Waals surface area contributed by atoms with Gasteiger partial charge in [0.1, 0.15) is 6.61 Å². The summed E-state index contributed by atoms with van der Waals surface area (Å²) in [7, 11) is 0. The zero-order valence-corrected chi connectivity index (χ0v) is 38.6. The van der Waals surface area contributed by atoms with Crippen LogP contribution >= 0.6 is 0 Å². The third kappa shape index (κ3) is 9.51. The van der Waals surface area contributed by atoms with Crippen LogP contribution in [0.2, 0.25) is 0 Å². The molecule has 0 amide bonds. The Kier molecular flexibility index (Phi) is 15.4. The average molecular weight is 820 g/mol. The summed E-state index contributed by atoms with van der Waals surface area (Å²) >= 11 is 0. The molecule has 312 valence electrons. The molecular formula is C50H59MgN4O5-. The summed E-state index contributed by atoms with van der Waals surface area (Å²) in [6.45, 7) is 20.5. The summed E-state index contributed by atoms with van der Waals surface area (Å²) in [5.41, 5.74) is 14.7. The quantitative estimate of drug-likeness (QED) is 0.0687. The zero-order valence-electron chi connectivity index (χ0n) is 37.2. The predicted molar refractivity (Wildman–Crippen MR) is 242 cm³/mol. The van der Waals surface area contributed by atoms with Gasteiger partial charge >= 0.3 is 29.0 Å².